The highest BCUT2D eigenvalue weighted by molar-refractivity contribution is 5.53. The lowest BCUT2D eigenvalue weighted by molar-refractivity contribution is 0.117. The third kappa shape index (κ3) is 26.5. The second kappa shape index (κ2) is 34.1. The van der Waals surface area contributed by atoms with Crippen molar-refractivity contribution in [3.05, 3.63) is 0 Å². The molecule has 1 heterocycles. The standard InChI is InChI=1S/C2H4N2O.3C2H6/c1-3-2-5-4-1;3*1-2/h1H,2H2,(H,3,4);3*1-2H3. The highest BCUT2D eigenvalue weighted by atomic mass is 16.7. The lowest BCUT2D eigenvalue weighted by Crippen LogP contribution is -2.01. The summed E-state index contributed by atoms with van der Waals surface area (Å²) in [6.07, 6.45) is 1.51. The summed E-state index contributed by atoms with van der Waals surface area (Å²) < 4.78 is 0. The van der Waals surface area contributed by atoms with Crippen LogP contribution in [0.1, 0.15) is 41.5 Å². The van der Waals surface area contributed by atoms with Gasteiger partial charge in [-0.15, -0.1) is 0 Å². The number of nitrogens with one attached hydrogen (secondary N) is 1. The summed E-state index contributed by atoms with van der Waals surface area (Å²) in [5.74, 6) is 0. The molecule has 3 nitrogen and oxygen atoms in total. The van der Waals surface area contributed by atoms with Crippen LogP contribution in [-0.2, 0) is 4.84 Å². The van der Waals surface area contributed by atoms with Gasteiger partial charge in [0.05, 0.1) is 0 Å². The van der Waals surface area contributed by atoms with E-state index >= 15 is 0 Å². The second-order valence-corrected chi connectivity index (χ2v) is 0.703. The zero-order valence-electron chi connectivity index (χ0n) is 8.64. The van der Waals surface area contributed by atoms with Crippen molar-refractivity contribution in [1.29, 1.82) is 0 Å². The maximum absolute atomic E-state index is 4.47. The van der Waals surface area contributed by atoms with Crippen LogP contribution in [-0.4, -0.2) is 13.1 Å². The minimum Gasteiger partial charge on any atom is -0.254 e. The van der Waals surface area contributed by atoms with E-state index in [1.165, 1.54) is 6.34 Å². The minimum absolute atomic E-state index is 0.458. The van der Waals surface area contributed by atoms with Gasteiger partial charge in [0.1, 0.15) is 6.34 Å². The molecule has 70 valence electrons. The third-order valence-corrected chi connectivity index (χ3v) is 0.366. The Kier molecular flexibility index (Phi) is 52.2. The van der Waals surface area contributed by atoms with Crippen LogP contribution >= 0.6 is 0 Å². The molecule has 1 N–H and O–H groups in total. The van der Waals surface area contributed by atoms with Gasteiger partial charge < -0.3 is 0 Å². The van der Waals surface area contributed by atoms with E-state index < -0.39 is 0 Å². The predicted molar refractivity (Wildman–Crippen MR) is 51.6 cm³/mol. The molecule has 0 aromatic rings. The Balaban J connectivity index is -0.0000000933. The maximum Gasteiger partial charge on any atom is 0.166 e. The van der Waals surface area contributed by atoms with E-state index in [0.29, 0.717) is 6.73 Å². The lowest BCUT2D eigenvalue weighted by atomic mass is 11.0. The summed E-state index contributed by atoms with van der Waals surface area (Å²) >= 11 is 0. The quantitative estimate of drug-likeness (QED) is 0.594. The fourth-order valence-electron chi connectivity index (χ4n) is 0.186. The van der Waals surface area contributed by atoms with E-state index in [9.17, 15) is 0 Å². The van der Waals surface area contributed by atoms with Gasteiger partial charge >= 0.3 is 0 Å². The molecule has 0 fully saturated rings. The number of nitrogens with zero attached hydrogens (tertiary/aromatic N) is 1. The van der Waals surface area contributed by atoms with Crippen LogP contribution in [0, 0.1) is 0 Å². The molecule has 0 aliphatic carbocycles. The van der Waals surface area contributed by atoms with Crippen LogP contribution in [0.4, 0.5) is 0 Å². The molecule has 0 bridgehead atoms. The van der Waals surface area contributed by atoms with Crippen molar-refractivity contribution >= 4 is 6.34 Å². The fraction of sp³-hybridized carbons (Fsp3) is 0.875. The van der Waals surface area contributed by atoms with Crippen LogP contribution in [0.2, 0.25) is 0 Å². The number of aliphatic imine (C=N–C) groups is 1. The number of hydroxylamine groups is 1. The molecule has 0 radical (unpaired) electrons. The van der Waals surface area contributed by atoms with E-state index in [1.807, 2.05) is 41.5 Å². The molecule has 0 aromatic heterocycles. The van der Waals surface area contributed by atoms with Crippen molar-refractivity contribution in [2.75, 3.05) is 6.73 Å². The van der Waals surface area contributed by atoms with Crippen LogP contribution < -0.4 is 5.48 Å². The average Bonchev–Trinajstić information content (AvgIpc) is 2.71. The van der Waals surface area contributed by atoms with Gasteiger partial charge in [0.2, 0.25) is 0 Å². The second-order valence-electron chi connectivity index (χ2n) is 0.703. The van der Waals surface area contributed by atoms with Crippen LogP contribution in [0.15, 0.2) is 4.99 Å². The lowest BCUT2D eigenvalue weighted by Gasteiger charge is -1.79. The number of rotatable bonds is 0. The van der Waals surface area contributed by atoms with Gasteiger partial charge in [-0.2, -0.15) is 0 Å². The van der Waals surface area contributed by atoms with Crippen molar-refractivity contribution in [3.63, 3.8) is 0 Å². The van der Waals surface area contributed by atoms with Gasteiger partial charge in [-0.05, 0) is 0 Å². The SMILES string of the molecule is C1=NCON1.CC.CC.CC. The van der Waals surface area contributed by atoms with E-state index in [4.69, 9.17) is 0 Å². The zero-order chi connectivity index (χ0) is 9.54. The first-order chi connectivity index (χ1) is 5.50. The number of hydrogen-bond donors (Lipinski definition) is 1. The molecule has 1 aliphatic rings. The first-order valence-electron chi connectivity index (χ1n) is 4.36. The first-order valence-corrected chi connectivity index (χ1v) is 4.36. The summed E-state index contributed by atoms with van der Waals surface area (Å²) in [7, 11) is 0. The van der Waals surface area contributed by atoms with E-state index in [0.717, 1.165) is 0 Å². The Bertz CT molecular complexity index is 50.1. The van der Waals surface area contributed by atoms with E-state index in [1.54, 1.807) is 0 Å². The first kappa shape index (κ1) is 16.8. The molecule has 0 saturated carbocycles. The molecule has 0 spiro atoms. The van der Waals surface area contributed by atoms with E-state index in [2.05, 4.69) is 15.3 Å². The normalized spacial score (nSPS) is 10.4. The zero-order valence-corrected chi connectivity index (χ0v) is 8.64. The average molecular weight is 162 g/mol. The molecule has 0 saturated heterocycles. The van der Waals surface area contributed by atoms with Crippen molar-refractivity contribution in [3.8, 4) is 0 Å². The minimum atomic E-state index is 0.458. The summed E-state index contributed by atoms with van der Waals surface area (Å²) in [5.41, 5.74) is 2.43. The topological polar surface area (TPSA) is 33.6 Å². The Morgan fingerprint density at radius 2 is 1.55 bits per heavy atom. The molecule has 0 amide bonds. The smallest absolute Gasteiger partial charge is 0.166 e. The molecule has 0 atom stereocenters. The van der Waals surface area contributed by atoms with Crippen molar-refractivity contribution in [1.82, 2.24) is 5.48 Å². The molecule has 1 aliphatic heterocycles. The summed E-state index contributed by atoms with van der Waals surface area (Å²) in [6.45, 7) is 12.5. The van der Waals surface area contributed by atoms with Gasteiger partial charge in [0.15, 0.2) is 6.73 Å². The van der Waals surface area contributed by atoms with Crippen molar-refractivity contribution in [2.45, 2.75) is 41.5 Å². The largest absolute Gasteiger partial charge is 0.254 e. The van der Waals surface area contributed by atoms with Gasteiger partial charge in [-0.25, -0.2) is 4.99 Å². The fourth-order valence-corrected chi connectivity index (χ4v) is 0.186. The number of hydrogen-bond acceptors (Lipinski definition) is 3. The Hall–Kier alpha value is -0.570. The van der Waals surface area contributed by atoms with Crippen LogP contribution in [0.25, 0.3) is 0 Å². The van der Waals surface area contributed by atoms with Crippen molar-refractivity contribution < 1.29 is 4.84 Å². The monoisotopic (exact) mass is 162 g/mol. The summed E-state index contributed by atoms with van der Waals surface area (Å²) in [4.78, 5) is 8.10. The van der Waals surface area contributed by atoms with Gasteiger partial charge in [0, 0.05) is 0 Å². The molecule has 0 unspecified atom stereocenters. The summed E-state index contributed by atoms with van der Waals surface area (Å²) in [6, 6.07) is 0. The maximum atomic E-state index is 4.47. The van der Waals surface area contributed by atoms with Gasteiger partial charge in [-0.3, -0.25) is 10.3 Å². The Morgan fingerprint density at radius 1 is 1.09 bits per heavy atom. The van der Waals surface area contributed by atoms with Gasteiger partial charge in [-0.1, -0.05) is 41.5 Å². The van der Waals surface area contributed by atoms with E-state index in [-0.39, 0.29) is 0 Å². The molecule has 3 heteroatoms. The predicted octanol–water partition coefficient (Wildman–Crippen LogP) is 2.59. The molecule has 1 rings (SSSR count). The Labute approximate surface area is 70.8 Å². The van der Waals surface area contributed by atoms with Gasteiger partial charge in [0.25, 0.3) is 0 Å². The molecule has 11 heavy (non-hydrogen) atoms. The molecular formula is C8H22N2O. The van der Waals surface area contributed by atoms with Crippen molar-refractivity contribution in [2.24, 2.45) is 4.99 Å². The van der Waals surface area contributed by atoms with Crippen LogP contribution in [0.3, 0.4) is 0 Å². The summed E-state index contributed by atoms with van der Waals surface area (Å²) in [5, 5.41) is 0. The highest BCUT2D eigenvalue weighted by Gasteiger charge is 1.81. The highest BCUT2D eigenvalue weighted by Crippen LogP contribution is 1.71. The molecule has 0 aromatic carbocycles. The van der Waals surface area contributed by atoms with Crippen LogP contribution in [0.5, 0.6) is 0 Å². The third-order valence-electron chi connectivity index (χ3n) is 0.366. The molecular weight excluding hydrogens is 140 g/mol. The Morgan fingerprint density at radius 3 is 1.64 bits per heavy atom.